The molecule has 7 heteroatoms. The molecule has 1 aliphatic heterocycles. The first kappa shape index (κ1) is 19.9. The molecule has 3 rings (SSSR count). The number of nitrogens with zero attached hydrogens (tertiary/aromatic N) is 2. The van der Waals surface area contributed by atoms with Crippen molar-refractivity contribution in [2.75, 3.05) is 25.0 Å². The van der Waals surface area contributed by atoms with Crippen LogP contribution in [-0.2, 0) is 20.9 Å². The van der Waals surface area contributed by atoms with Crippen LogP contribution in [0.5, 0.6) is 0 Å². The average Bonchev–Trinajstić information content (AvgIpc) is 2.67. The second-order valence-electron chi connectivity index (χ2n) is 6.84. The lowest BCUT2D eigenvalue weighted by molar-refractivity contribution is -0.157. The smallest absolute Gasteiger partial charge is 0.312 e. The number of rotatable bonds is 5. The van der Waals surface area contributed by atoms with Gasteiger partial charge in [-0.25, -0.2) is 0 Å². The van der Waals surface area contributed by atoms with Crippen LogP contribution in [0.15, 0.2) is 42.5 Å². The average molecular weight is 400 g/mol. The predicted octanol–water partition coefficient (Wildman–Crippen LogP) is 2.77. The van der Waals surface area contributed by atoms with Crippen molar-refractivity contribution in [3.63, 3.8) is 0 Å². The predicted molar refractivity (Wildman–Crippen MR) is 108 cm³/mol. The summed E-state index contributed by atoms with van der Waals surface area (Å²) in [5.41, 5.74) is 3.42. The van der Waals surface area contributed by atoms with Gasteiger partial charge in [0.25, 0.3) is 0 Å². The normalized spacial score (nSPS) is 14.4. The van der Waals surface area contributed by atoms with Gasteiger partial charge in [-0.05, 0) is 42.7 Å². The fraction of sp³-hybridized carbons (Fsp3) is 0.286. The molecule has 1 heterocycles. The van der Waals surface area contributed by atoms with Crippen LogP contribution in [0.1, 0.15) is 16.7 Å². The summed E-state index contributed by atoms with van der Waals surface area (Å²) < 4.78 is 0. The first-order valence-corrected chi connectivity index (χ1v) is 9.42. The molecule has 0 unspecified atom stereocenters. The van der Waals surface area contributed by atoms with E-state index in [2.05, 4.69) is 5.32 Å². The Bertz CT molecular complexity index is 929. The zero-order valence-corrected chi connectivity index (χ0v) is 16.6. The summed E-state index contributed by atoms with van der Waals surface area (Å²) in [6, 6.07) is 13.0. The van der Waals surface area contributed by atoms with Crippen LogP contribution in [0.2, 0.25) is 5.02 Å². The van der Waals surface area contributed by atoms with Gasteiger partial charge in [-0.3, -0.25) is 14.4 Å². The standard InChI is InChI=1S/C21H22ClN3O3/c1-14-6-3-4-7-16(14)12-24-10-11-25(21(28)20(24)27)13-19(26)23-18-9-5-8-17(22)15(18)2/h3-9H,10-13H2,1-2H3,(H,23,26). The lowest BCUT2D eigenvalue weighted by Gasteiger charge is -2.33. The van der Waals surface area contributed by atoms with E-state index >= 15 is 0 Å². The van der Waals surface area contributed by atoms with Crippen molar-refractivity contribution in [2.45, 2.75) is 20.4 Å². The highest BCUT2D eigenvalue weighted by Gasteiger charge is 2.33. The number of halogens is 1. The van der Waals surface area contributed by atoms with Crippen LogP contribution in [0.3, 0.4) is 0 Å². The minimum atomic E-state index is -0.655. The van der Waals surface area contributed by atoms with E-state index in [1.165, 1.54) is 9.80 Å². The number of nitrogens with one attached hydrogen (secondary N) is 1. The van der Waals surface area contributed by atoms with Crippen LogP contribution in [0.25, 0.3) is 0 Å². The van der Waals surface area contributed by atoms with Gasteiger partial charge in [0, 0.05) is 30.3 Å². The summed E-state index contributed by atoms with van der Waals surface area (Å²) in [6.45, 7) is 4.70. The van der Waals surface area contributed by atoms with Crippen LogP contribution in [0, 0.1) is 13.8 Å². The van der Waals surface area contributed by atoms with E-state index in [0.717, 1.165) is 16.7 Å². The molecule has 28 heavy (non-hydrogen) atoms. The number of carbonyl (C=O) groups excluding carboxylic acids is 3. The van der Waals surface area contributed by atoms with Crippen LogP contribution < -0.4 is 5.32 Å². The fourth-order valence-corrected chi connectivity index (χ4v) is 3.29. The highest BCUT2D eigenvalue weighted by molar-refractivity contribution is 6.35. The van der Waals surface area contributed by atoms with Gasteiger partial charge in [-0.1, -0.05) is 41.9 Å². The van der Waals surface area contributed by atoms with Crippen molar-refractivity contribution in [1.29, 1.82) is 0 Å². The van der Waals surface area contributed by atoms with E-state index in [9.17, 15) is 14.4 Å². The Morgan fingerprint density at radius 2 is 1.68 bits per heavy atom. The Balaban J connectivity index is 1.61. The Morgan fingerprint density at radius 3 is 2.43 bits per heavy atom. The number of hydrogen-bond donors (Lipinski definition) is 1. The maximum Gasteiger partial charge on any atom is 0.312 e. The quantitative estimate of drug-likeness (QED) is 0.786. The molecule has 1 N–H and O–H groups in total. The number of piperazine rings is 1. The molecule has 3 amide bonds. The van der Waals surface area contributed by atoms with Gasteiger partial charge >= 0.3 is 11.8 Å². The summed E-state index contributed by atoms with van der Waals surface area (Å²) in [7, 11) is 0. The number of aryl methyl sites for hydroxylation is 1. The minimum Gasteiger partial charge on any atom is -0.328 e. The van der Waals surface area contributed by atoms with Crippen molar-refractivity contribution in [1.82, 2.24) is 9.80 Å². The molecular formula is C21H22ClN3O3. The maximum atomic E-state index is 12.5. The van der Waals surface area contributed by atoms with E-state index in [1.807, 2.05) is 31.2 Å². The SMILES string of the molecule is Cc1ccccc1CN1CCN(CC(=O)Nc2cccc(Cl)c2C)C(=O)C1=O. The number of carbonyl (C=O) groups is 3. The van der Waals surface area contributed by atoms with Gasteiger partial charge in [0.05, 0.1) is 0 Å². The Morgan fingerprint density at radius 1 is 1.00 bits per heavy atom. The van der Waals surface area contributed by atoms with Gasteiger partial charge < -0.3 is 15.1 Å². The maximum absolute atomic E-state index is 12.5. The molecule has 0 spiro atoms. The Labute approximate surface area is 169 Å². The number of amides is 3. The lowest BCUT2D eigenvalue weighted by atomic mass is 10.1. The Kier molecular flexibility index (Phi) is 5.99. The van der Waals surface area contributed by atoms with E-state index in [-0.39, 0.29) is 12.5 Å². The molecule has 0 aromatic heterocycles. The molecule has 1 fully saturated rings. The van der Waals surface area contributed by atoms with Crippen molar-refractivity contribution >= 4 is 35.0 Å². The Hall–Kier alpha value is -2.86. The first-order valence-electron chi connectivity index (χ1n) is 9.04. The second-order valence-corrected chi connectivity index (χ2v) is 7.25. The van der Waals surface area contributed by atoms with E-state index in [1.54, 1.807) is 25.1 Å². The first-order chi connectivity index (χ1) is 13.4. The minimum absolute atomic E-state index is 0.172. The molecule has 2 aromatic carbocycles. The summed E-state index contributed by atoms with van der Waals surface area (Å²) in [6.07, 6.45) is 0. The molecule has 0 saturated carbocycles. The van der Waals surface area contributed by atoms with Crippen molar-refractivity contribution in [3.8, 4) is 0 Å². The third-order valence-corrected chi connectivity index (χ3v) is 5.31. The highest BCUT2D eigenvalue weighted by atomic mass is 35.5. The molecule has 2 aromatic rings. The molecule has 0 atom stereocenters. The zero-order chi connectivity index (χ0) is 20.3. The summed E-state index contributed by atoms with van der Waals surface area (Å²) in [5.74, 6) is -1.60. The van der Waals surface area contributed by atoms with E-state index in [4.69, 9.17) is 11.6 Å². The van der Waals surface area contributed by atoms with Crippen LogP contribution in [-0.4, -0.2) is 47.2 Å². The van der Waals surface area contributed by atoms with E-state index < -0.39 is 11.8 Å². The summed E-state index contributed by atoms with van der Waals surface area (Å²) in [5, 5.41) is 3.30. The van der Waals surface area contributed by atoms with Gasteiger partial charge in [0.1, 0.15) is 6.54 Å². The number of hydrogen-bond acceptors (Lipinski definition) is 3. The number of benzene rings is 2. The van der Waals surface area contributed by atoms with Gasteiger partial charge in [0.2, 0.25) is 5.91 Å². The third kappa shape index (κ3) is 4.34. The molecule has 0 radical (unpaired) electrons. The van der Waals surface area contributed by atoms with E-state index in [0.29, 0.717) is 30.3 Å². The zero-order valence-electron chi connectivity index (χ0n) is 15.9. The molecular weight excluding hydrogens is 378 g/mol. The summed E-state index contributed by atoms with van der Waals surface area (Å²) >= 11 is 6.06. The van der Waals surface area contributed by atoms with Crippen LogP contribution >= 0.6 is 11.6 Å². The molecule has 146 valence electrons. The molecule has 0 bridgehead atoms. The lowest BCUT2D eigenvalue weighted by Crippen LogP contribution is -2.55. The van der Waals surface area contributed by atoms with Gasteiger partial charge in [0.15, 0.2) is 0 Å². The molecule has 6 nitrogen and oxygen atoms in total. The monoisotopic (exact) mass is 399 g/mol. The van der Waals surface area contributed by atoms with Gasteiger partial charge in [-0.2, -0.15) is 0 Å². The third-order valence-electron chi connectivity index (χ3n) is 4.90. The van der Waals surface area contributed by atoms with Crippen molar-refractivity contribution < 1.29 is 14.4 Å². The van der Waals surface area contributed by atoms with Crippen LogP contribution in [0.4, 0.5) is 5.69 Å². The van der Waals surface area contributed by atoms with Gasteiger partial charge in [-0.15, -0.1) is 0 Å². The topological polar surface area (TPSA) is 69.7 Å². The van der Waals surface area contributed by atoms with Crippen molar-refractivity contribution in [2.24, 2.45) is 0 Å². The summed E-state index contributed by atoms with van der Waals surface area (Å²) in [4.78, 5) is 40.1. The fourth-order valence-electron chi connectivity index (χ4n) is 3.12. The molecule has 0 aliphatic carbocycles. The molecule has 1 saturated heterocycles. The number of anilines is 1. The highest BCUT2D eigenvalue weighted by Crippen LogP contribution is 2.23. The van der Waals surface area contributed by atoms with Crippen molar-refractivity contribution in [3.05, 3.63) is 64.2 Å². The second kappa shape index (κ2) is 8.44. The largest absolute Gasteiger partial charge is 0.328 e. The molecule has 1 aliphatic rings.